The lowest BCUT2D eigenvalue weighted by Gasteiger charge is -2.31. The van der Waals surface area contributed by atoms with Gasteiger partial charge < -0.3 is 4.90 Å². The Morgan fingerprint density at radius 2 is 1.60 bits per heavy atom. The van der Waals surface area contributed by atoms with E-state index in [9.17, 15) is 0 Å². The lowest BCUT2D eigenvalue weighted by atomic mass is 9.95. The van der Waals surface area contributed by atoms with Gasteiger partial charge in [0.05, 0.1) is 0 Å². The number of hydrogen-bond donors (Lipinski definition) is 0. The van der Waals surface area contributed by atoms with Crippen LogP contribution in [-0.2, 0) is 0 Å². The summed E-state index contributed by atoms with van der Waals surface area (Å²) in [5, 5.41) is 0. The number of rotatable bonds is 0. The molecule has 0 saturated carbocycles. The molecule has 0 aromatic heterocycles. The maximum absolute atomic E-state index is 2.41. The van der Waals surface area contributed by atoms with Gasteiger partial charge in [0.15, 0.2) is 0 Å². The third-order valence-electron chi connectivity index (χ3n) is 2.57. The van der Waals surface area contributed by atoms with Crippen LogP contribution in [-0.4, -0.2) is 18.5 Å². The number of allylic oxidation sites excluding steroid dienone is 3. The summed E-state index contributed by atoms with van der Waals surface area (Å²) in [6, 6.07) is 0. The highest BCUT2D eigenvalue weighted by atomic mass is 15.1. The minimum absolute atomic E-state index is 1.24. The van der Waals surface area contributed by atoms with E-state index in [1.165, 1.54) is 37.9 Å². The van der Waals surface area contributed by atoms with Crippen molar-refractivity contribution in [1.29, 1.82) is 0 Å². The van der Waals surface area contributed by atoms with Crippen LogP contribution < -0.4 is 0 Å². The summed E-state index contributed by atoms with van der Waals surface area (Å²) >= 11 is 0. The van der Waals surface area contributed by atoms with Gasteiger partial charge in [-0.05, 0) is 31.3 Å². The molecule has 1 heterocycles. The highest BCUT2D eigenvalue weighted by Crippen LogP contribution is 2.28. The summed E-state index contributed by atoms with van der Waals surface area (Å²) < 4.78 is 0. The van der Waals surface area contributed by atoms with Gasteiger partial charge in [0, 0.05) is 19.3 Å². The number of piperidine rings is 1. The minimum atomic E-state index is 1.24. The monoisotopic (exact) mass is 209 g/mol. The van der Waals surface area contributed by atoms with Crippen molar-refractivity contribution in [2.45, 2.75) is 53.4 Å². The topological polar surface area (TPSA) is 3.24 Å². The number of likely N-dealkylation sites (tertiary alicyclic amines) is 1. The Bertz CT molecular complexity index is 213. The first-order valence-electron chi connectivity index (χ1n) is 6.48. The highest BCUT2D eigenvalue weighted by Gasteiger charge is 2.16. The van der Waals surface area contributed by atoms with E-state index in [-0.39, 0.29) is 0 Å². The zero-order valence-electron chi connectivity index (χ0n) is 11.1. The van der Waals surface area contributed by atoms with Crippen molar-refractivity contribution in [2.24, 2.45) is 0 Å². The smallest absolute Gasteiger partial charge is 0.0352 e. The fourth-order valence-corrected chi connectivity index (χ4v) is 1.97. The average molecular weight is 209 g/mol. The molecule has 0 unspecified atom stereocenters. The first-order chi connectivity index (χ1) is 7.38. The van der Waals surface area contributed by atoms with Crippen LogP contribution in [0.3, 0.4) is 0 Å². The van der Waals surface area contributed by atoms with Gasteiger partial charge in [0.1, 0.15) is 0 Å². The highest BCUT2D eigenvalue weighted by molar-refractivity contribution is 5.33. The Kier molecular flexibility index (Phi) is 8.17. The Hall–Kier alpha value is -0.720. The predicted molar refractivity (Wildman–Crippen MR) is 70.0 cm³/mol. The molecule has 0 aromatic carbocycles. The van der Waals surface area contributed by atoms with E-state index in [2.05, 4.69) is 24.1 Å². The van der Waals surface area contributed by atoms with E-state index >= 15 is 0 Å². The van der Waals surface area contributed by atoms with Crippen LogP contribution in [0.25, 0.3) is 0 Å². The SMILES string of the molecule is CC.CC.CN1CCCC2=CCCC=C21. The normalized spacial score (nSPS) is 18.3. The average Bonchev–Trinajstić information content (AvgIpc) is 2.35. The van der Waals surface area contributed by atoms with E-state index in [1.54, 1.807) is 5.57 Å². The Morgan fingerprint density at radius 1 is 1.00 bits per heavy atom. The molecule has 0 atom stereocenters. The molecule has 1 aliphatic heterocycles. The summed E-state index contributed by atoms with van der Waals surface area (Å²) in [5.74, 6) is 0. The van der Waals surface area contributed by atoms with Crippen LogP contribution in [0.5, 0.6) is 0 Å². The third kappa shape index (κ3) is 4.11. The van der Waals surface area contributed by atoms with Crippen molar-refractivity contribution in [2.75, 3.05) is 13.6 Å². The summed E-state index contributed by atoms with van der Waals surface area (Å²) in [7, 11) is 2.20. The number of likely N-dealkylation sites (N-methyl/N-ethyl adjacent to an activating group) is 1. The van der Waals surface area contributed by atoms with Crippen molar-refractivity contribution < 1.29 is 0 Å². The molecule has 2 aliphatic rings. The van der Waals surface area contributed by atoms with Crippen LogP contribution in [0.2, 0.25) is 0 Å². The molecule has 1 nitrogen and oxygen atoms in total. The van der Waals surface area contributed by atoms with Crippen LogP contribution in [0.15, 0.2) is 23.4 Å². The number of nitrogens with zero attached hydrogens (tertiary/aromatic N) is 1. The molecule has 15 heavy (non-hydrogen) atoms. The van der Waals surface area contributed by atoms with Gasteiger partial charge in [-0.1, -0.05) is 39.8 Å². The maximum Gasteiger partial charge on any atom is 0.0352 e. The van der Waals surface area contributed by atoms with Gasteiger partial charge in [0.25, 0.3) is 0 Å². The van der Waals surface area contributed by atoms with Crippen LogP contribution in [0.4, 0.5) is 0 Å². The summed E-state index contributed by atoms with van der Waals surface area (Å²) in [5.41, 5.74) is 3.09. The third-order valence-corrected chi connectivity index (χ3v) is 2.57. The van der Waals surface area contributed by atoms with E-state index in [0.29, 0.717) is 0 Å². The zero-order valence-corrected chi connectivity index (χ0v) is 11.1. The predicted octanol–water partition coefficient (Wildman–Crippen LogP) is 4.37. The number of fused-ring (bicyclic) bond motifs is 1. The second-order valence-corrected chi connectivity index (χ2v) is 3.42. The minimum Gasteiger partial charge on any atom is -0.375 e. The number of hydrogen-bond acceptors (Lipinski definition) is 1. The maximum atomic E-state index is 2.41. The first kappa shape index (κ1) is 14.3. The van der Waals surface area contributed by atoms with Crippen molar-refractivity contribution in [1.82, 2.24) is 4.90 Å². The van der Waals surface area contributed by atoms with Gasteiger partial charge in [-0.3, -0.25) is 0 Å². The quantitative estimate of drug-likeness (QED) is 0.572. The van der Waals surface area contributed by atoms with Crippen molar-refractivity contribution >= 4 is 0 Å². The molecule has 1 fully saturated rings. The lowest BCUT2D eigenvalue weighted by molar-refractivity contribution is 0.379. The van der Waals surface area contributed by atoms with Gasteiger partial charge in [-0.25, -0.2) is 0 Å². The molecule has 0 aromatic rings. The molecule has 1 saturated heterocycles. The van der Waals surface area contributed by atoms with E-state index in [0.717, 1.165) is 0 Å². The molecule has 0 N–H and O–H groups in total. The summed E-state index contributed by atoms with van der Waals surface area (Å²) in [6.45, 7) is 9.24. The molecule has 0 radical (unpaired) electrons. The van der Waals surface area contributed by atoms with Gasteiger partial charge in [-0.2, -0.15) is 0 Å². The fraction of sp³-hybridized carbons (Fsp3) is 0.714. The van der Waals surface area contributed by atoms with Crippen molar-refractivity contribution in [3.05, 3.63) is 23.4 Å². The molecule has 1 aliphatic carbocycles. The molecule has 1 heteroatoms. The molecule has 0 spiro atoms. The lowest BCUT2D eigenvalue weighted by Crippen LogP contribution is -2.25. The van der Waals surface area contributed by atoms with Gasteiger partial charge in [-0.15, -0.1) is 0 Å². The second kappa shape index (κ2) is 8.58. The van der Waals surface area contributed by atoms with Crippen LogP contribution in [0.1, 0.15) is 53.4 Å². The Balaban J connectivity index is 0.000000442. The van der Waals surface area contributed by atoms with Crippen LogP contribution >= 0.6 is 0 Å². The molecule has 0 amide bonds. The standard InChI is InChI=1S/C10H15N.2C2H6/c1-11-8-4-6-9-5-2-3-7-10(9)11;2*1-2/h5,7H,2-4,6,8H2,1H3;2*1-2H3. The largest absolute Gasteiger partial charge is 0.375 e. The molecular weight excluding hydrogens is 182 g/mol. The first-order valence-corrected chi connectivity index (χ1v) is 6.48. The van der Waals surface area contributed by atoms with Crippen LogP contribution in [0, 0.1) is 0 Å². The summed E-state index contributed by atoms with van der Waals surface area (Å²) in [6.07, 6.45) is 9.92. The van der Waals surface area contributed by atoms with E-state index < -0.39 is 0 Å². The summed E-state index contributed by atoms with van der Waals surface area (Å²) in [4.78, 5) is 2.38. The van der Waals surface area contributed by atoms with Crippen molar-refractivity contribution in [3.63, 3.8) is 0 Å². The van der Waals surface area contributed by atoms with Crippen molar-refractivity contribution in [3.8, 4) is 0 Å². The Morgan fingerprint density at radius 3 is 2.20 bits per heavy atom. The van der Waals surface area contributed by atoms with E-state index in [1.807, 2.05) is 27.7 Å². The molecule has 0 bridgehead atoms. The fourth-order valence-electron chi connectivity index (χ4n) is 1.97. The van der Waals surface area contributed by atoms with Gasteiger partial charge >= 0.3 is 0 Å². The second-order valence-electron chi connectivity index (χ2n) is 3.42. The molecular formula is C14H27N. The zero-order chi connectivity index (χ0) is 11.7. The Labute approximate surface area is 95.9 Å². The van der Waals surface area contributed by atoms with E-state index in [4.69, 9.17) is 0 Å². The van der Waals surface area contributed by atoms with Gasteiger partial charge in [0.2, 0.25) is 0 Å². The molecule has 2 rings (SSSR count). The molecule has 88 valence electrons.